The number of nitrogens with one attached hydrogen (secondary N) is 1. The number of rotatable bonds is 9. The van der Waals surface area contributed by atoms with E-state index in [4.69, 9.17) is 19.2 Å². The predicted molar refractivity (Wildman–Crippen MR) is 138 cm³/mol. The zero-order valence-corrected chi connectivity index (χ0v) is 21.3. The highest BCUT2D eigenvalue weighted by molar-refractivity contribution is 14.0. The van der Waals surface area contributed by atoms with E-state index < -0.39 is 0 Å². The van der Waals surface area contributed by atoms with Crippen molar-refractivity contribution < 1.29 is 14.2 Å². The lowest BCUT2D eigenvalue weighted by Crippen LogP contribution is -2.47. The van der Waals surface area contributed by atoms with Gasteiger partial charge in [-0.2, -0.15) is 0 Å². The summed E-state index contributed by atoms with van der Waals surface area (Å²) in [5, 5.41) is 5.84. The molecule has 1 saturated heterocycles. The van der Waals surface area contributed by atoms with Gasteiger partial charge in [-0.3, -0.25) is 0 Å². The summed E-state index contributed by atoms with van der Waals surface area (Å²) in [6, 6.07) is 12.7. The van der Waals surface area contributed by atoms with E-state index in [0.29, 0.717) is 12.6 Å². The van der Waals surface area contributed by atoms with Gasteiger partial charge in [0.25, 0.3) is 0 Å². The fraction of sp³-hybridized carbons (Fsp3) is 0.542. The fourth-order valence-electron chi connectivity index (χ4n) is 3.78. The summed E-state index contributed by atoms with van der Waals surface area (Å²) in [5.74, 6) is 1.87. The Morgan fingerprint density at radius 2 is 1.81 bits per heavy atom. The normalized spacial score (nSPS) is 15.1. The van der Waals surface area contributed by atoms with Gasteiger partial charge in [-0.15, -0.1) is 24.0 Å². The predicted octanol–water partition coefficient (Wildman–Crippen LogP) is 4.45. The molecule has 1 aliphatic heterocycles. The highest BCUT2D eigenvalue weighted by atomic mass is 127. The lowest BCUT2D eigenvalue weighted by Gasteiger charge is -2.34. The summed E-state index contributed by atoms with van der Waals surface area (Å²) in [6.07, 6.45) is 3.38. The molecule has 172 valence electrons. The summed E-state index contributed by atoms with van der Waals surface area (Å²) >= 11 is 0. The monoisotopic (exact) mass is 541 g/mol. The molecule has 0 unspecified atom stereocenters. The van der Waals surface area contributed by atoms with E-state index in [1.165, 1.54) is 16.3 Å². The number of methoxy groups -OCH3 is 2. The van der Waals surface area contributed by atoms with Crippen molar-refractivity contribution in [2.24, 2.45) is 4.99 Å². The van der Waals surface area contributed by atoms with Crippen molar-refractivity contribution in [2.75, 3.05) is 47.1 Å². The largest absolute Gasteiger partial charge is 0.497 e. The van der Waals surface area contributed by atoms with E-state index >= 15 is 0 Å². The number of halogens is 1. The Labute approximate surface area is 203 Å². The average Bonchev–Trinajstić information content (AvgIpc) is 2.79. The molecule has 1 aliphatic rings. The number of ether oxygens (including phenoxy) is 3. The third-order valence-electron chi connectivity index (χ3n) is 5.45. The van der Waals surface area contributed by atoms with Crippen LogP contribution in [-0.4, -0.2) is 64.0 Å². The van der Waals surface area contributed by atoms with Crippen LogP contribution in [-0.2, 0) is 16.0 Å². The molecule has 31 heavy (non-hydrogen) atoms. The second kappa shape index (κ2) is 13.8. The molecule has 0 aromatic heterocycles. The third kappa shape index (κ3) is 7.80. The molecule has 0 aliphatic carbocycles. The topological polar surface area (TPSA) is 55.3 Å². The van der Waals surface area contributed by atoms with Crippen molar-refractivity contribution in [3.63, 3.8) is 0 Å². The molecular formula is C24H36IN3O3. The van der Waals surface area contributed by atoms with Crippen LogP contribution in [0.4, 0.5) is 0 Å². The number of hydrogen-bond acceptors (Lipinski definition) is 4. The molecule has 2 aromatic carbocycles. The van der Waals surface area contributed by atoms with Crippen molar-refractivity contribution in [1.29, 1.82) is 0 Å². The SMILES string of the molecule is CCNC(=NCc1ccc2cc(OC)ccc2c1)N1CCC(OCCCOC)CC1.I. The molecular weight excluding hydrogens is 505 g/mol. The fourth-order valence-corrected chi connectivity index (χ4v) is 3.78. The van der Waals surface area contributed by atoms with Crippen LogP contribution in [0.2, 0.25) is 0 Å². The summed E-state index contributed by atoms with van der Waals surface area (Å²) in [4.78, 5) is 7.26. The highest BCUT2D eigenvalue weighted by Gasteiger charge is 2.21. The van der Waals surface area contributed by atoms with Crippen LogP contribution in [0.1, 0.15) is 31.7 Å². The van der Waals surface area contributed by atoms with E-state index in [9.17, 15) is 0 Å². The first-order chi connectivity index (χ1) is 14.7. The minimum Gasteiger partial charge on any atom is -0.497 e. The molecule has 6 nitrogen and oxygen atoms in total. The van der Waals surface area contributed by atoms with Gasteiger partial charge in [0, 0.05) is 40.0 Å². The van der Waals surface area contributed by atoms with Gasteiger partial charge >= 0.3 is 0 Å². The van der Waals surface area contributed by atoms with Crippen molar-refractivity contribution in [2.45, 2.75) is 38.8 Å². The van der Waals surface area contributed by atoms with Crippen molar-refractivity contribution >= 4 is 40.7 Å². The van der Waals surface area contributed by atoms with Gasteiger partial charge in [0.2, 0.25) is 0 Å². The highest BCUT2D eigenvalue weighted by Crippen LogP contribution is 2.22. The lowest BCUT2D eigenvalue weighted by molar-refractivity contribution is 0.00990. The lowest BCUT2D eigenvalue weighted by atomic mass is 10.1. The smallest absolute Gasteiger partial charge is 0.194 e. The molecule has 7 heteroatoms. The zero-order valence-electron chi connectivity index (χ0n) is 18.9. The van der Waals surface area contributed by atoms with Crippen molar-refractivity contribution in [1.82, 2.24) is 10.2 Å². The van der Waals surface area contributed by atoms with Crippen molar-refractivity contribution in [3.05, 3.63) is 42.0 Å². The number of nitrogens with zero attached hydrogens (tertiary/aromatic N) is 2. The Bertz CT molecular complexity index is 823. The average molecular weight is 541 g/mol. The Morgan fingerprint density at radius 1 is 1.06 bits per heavy atom. The van der Waals surface area contributed by atoms with Crippen LogP contribution in [0.15, 0.2) is 41.4 Å². The maximum atomic E-state index is 5.98. The molecule has 0 spiro atoms. The molecule has 1 heterocycles. The summed E-state index contributed by atoms with van der Waals surface area (Å²) in [6.45, 7) is 7.13. The van der Waals surface area contributed by atoms with Crippen LogP contribution >= 0.6 is 24.0 Å². The summed E-state index contributed by atoms with van der Waals surface area (Å²) < 4.78 is 16.4. The van der Waals surface area contributed by atoms with Crippen LogP contribution in [0, 0.1) is 0 Å². The number of aliphatic imine (C=N–C) groups is 1. The maximum Gasteiger partial charge on any atom is 0.194 e. The summed E-state index contributed by atoms with van der Waals surface area (Å²) in [5.41, 5.74) is 1.21. The molecule has 0 radical (unpaired) electrons. The molecule has 0 atom stereocenters. The Morgan fingerprint density at radius 3 is 2.52 bits per heavy atom. The number of benzene rings is 2. The van der Waals surface area contributed by atoms with Crippen LogP contribution in [0.25, 0.3) is 10.8 Å². The van der Waals surface area contributed by atoms with Gasteiger partial charge < -0.3 is 24.4 Å². The van der Waals surface area contributed by atoms with E-state index in [-0.39, 0.29) is 24.0 Å². The van der Waals surface area contributed by atoms with Crippen molar-refractivity contribution in [3.8, 4) is 5.75 Å². The first-order valence-electron chi connectivity index (χ1n) is 10.9. The second-order valence-corrected chi connectivity index (χ2v) is 7.62. The zero-order chi connectivity index (χ0) is 21.2. The van der Waals surface area contributed by atoms with Gasteiger partial charge in [-0.05, 0) is 60.7 Å². The van der Waals surface area contributed by atoms with E-state index in [1.807, 2.05) is 6.07 Å². The number of fused-ring (bicyclic) bond motifs is 1. The number of piperidine rings is 1. The van der Waals surface area contributed by atoms with Crippen LogP contribution in [0.3, 0.4) is 0 Å². The maximum absolute atomic E-state index is 5.98. The minimum atomic E-state index is 0. The number of likely N-dealkylation sites (tertiary alicyclic amines) is 1. The third-order valence-corrected chi connectivity index (χ3v) is 5.45. The molecule has 2 aromatic rings. The van der Waals surface area contributed by atoms with Gasteiger partial charge in [0.1, 0.15) is 5.75 Å². The number of hydrogen-bond donors (Lipinski definition) is 1. The standard InChI is InChI=1S/C24H35N3O3.HI/c1-4-25-24(27-12-10-22(11-13-27)30-15-5-14-28-2)26-18-19-6-7-21-17-23(29-3)9-8-20(21)16-19;/h6-9,16-17,22H,4-5,10-15,18H2,1-3H3,(H,25,26);1H. The van der Waals surface area contributed by atoms with E-state index in [2.05, 4.69) is 47.5 Å². The van der Waals surface area contributed by atoms with E-state index in [1.54, 1.807) is 14.2 Å². The first kappa shape index (κ1) is 25.7. The Balaban J connectivity index is 0.00000341. The van der Waals surface area contributed by atoms with Gasteiger partial charge in [0.05, 0.1) is 19.8 Å². The quantitative estimate of drug-likeness (QED) is 0.220. The molecule has 3 rings (SSSR count). The van der Waals surface area contributed by atoms with E-state index in [0.717, 1.165) is 63.8 Å². The summed E-state index contributed by atoms with van der Waals surface area (Å²) in [7, 11) is 3.43. The van der Waals surface area contributed by atoms with Gasteiger partial charge in [0.15, 0.2) is 5.96 Å². The Hall–Kier alpha value is -1.58. The minimum absolute atomic E-state index is 0. The molecule has 1 fully saturated rings. The molecule has 1 N–H and O–H groups in total. The Kier molecular flexibility index (Phi) is 11.4. The number of guanidine groups is 1. The molecule has 0 amide bonds. The van der Waals surface area contributed by atoms with Gasteiger partial charge in [-0.1, -0.05) is 18.2 Å². The van der Waals surface area contributed by atoms with Gasteiger partial charge in [-0.25, -0.2) is 4.99 Å². The van der Waals surface area contributed by atoms with Crippen LogP contribution in [0.5, 0.6) is 5.75 Å². The molecule has 0 bridgehead atoms. The first-order valence-corrected chi connectivity index (χ1v) is 10.9. The second-order valence-electron chi connectivity index (χ2n) is 7.62. The molecule has 0 saturated carbocycles. The van der Waals surface area contributed by atoms with Crippen LogP contribution < -0.4 is 10.1 Å².